The van der Waals surface area contributed by atoms with Crippen molar-refractivity contribution >= 4 is 10.8 Å². The minimum absolute atomic E-state index is 0.110. The largest absolute Gasteiger partial charge is 0.313 e. The van der Waals surface area contributed by atoms with E-state index in [1.165, 1.54) is 5.56 Å². The van der Waals surface area contributed by atoms with E-state index in [0.717, 1.165) is 16.0 Å². The lowest BCUT2D eigenvalue weighted by atomic mass is 9.87. The molecular formula is C18H23NOS. The van der Waals surface area contributed by atoms with Gasteiger partial charge in [-0.25, -0.2) is 0 Å². The highest BCUT2D eigenvalue weighted by molar-refractivity contribution is 7.85. The normalized spacial score (nSPS) is 14.7. The van der Waals surface area contributed by atoms with Crippen LogP contribution >= 0.6 is 0 Å². The van der Waals surface area contributed by atoms with Gasteiger partial charge in [0.05, 0.1) is 10.8 Å². The van der Waals surface area contributed by atoms with Gasteiger partial charge in [-0.1, -0.05) is 62.7 Å². The number of benzene rings is 2. The number of nitrogens with two attached hydrogens (primary N) is 1. The van der Waals surface area contributed by atoms with Crippen LogP contribution in [0.25, 0.3) is 0 Å². The lowest BCUT2D eigenvalue weighted by Gasteiger charge is -2.20. The number of rotatable bonds is 3. The van der Waals surface area contributed by atoms with Crippen molar-refractivity contribution in [2.45, 2.75) is 43.4 Å². The molecule has 0 aliphatic carbocycles. The maximum absolute atomic E-state index is 12.5. The van der Waals surface area contributed by atoms with Crippen molar-refractivity contribution in [3.63, 3.8) is 0 Å². The van der Waals surface area contributed by atoms with Gasteiger partial charge in [0.1, 0.15) is 5.37 Å². The first-order valence-corrected chi connectivity index (χ1v) is 8.33. The van der Waals surface area contributed by atoms with Crippen LogP contribution in [0.15, 0.2) is 53.4 Å². The summed E-state index contributed by atoms with van der Waals surface area (Å²) in [6.45, 7) is 8.53. The molecule has 0 bridgehead atoms. The van der Waals surface area contributed by atoms with E-state index in [4.69, 9.17) is 5.73 Å². The molecule has 0 radical (unpaired) electrons. The Morgan fingerprint density at radius 2 is 1.48 bits per heavy atom. The zero-order chi connectivity index (χ0) is 15.6. The highest BCUT2D eigenvalue weighted by Gasteiger charge is 2.18. The Morgan fingerprint density at radius 3 is 1.95 bits per heavy atom. The first-order chi connectivity index (χ1) is 9.79. The van der Waals surface area contributed by atoms with Crippen molar-refractivity contribution in [2.24, 2.45) is 5.73 Å². The topological polar surface area (TPSA) is 43.1 Å². The van der Waals surface area contributed by atoms with E-state index in [0.29, 0.717) is 0 Å². The summed E-state index contributed by atoms with van der Waals surface area (Å²) >= 11 is 0. The van der Waals surface area contributed by atoms with Crippen LogP contribution in [0.2, 0.25) is 0 Å². The van der Waals surface area contributed by atoms with Gasteiger partial charge < -0.3 is 5.73 Å². The summed E-state index contributed by atoms with van der Waals surface area (Å²) in [4.78, 5) is 0.771. The van der Waals surface area contributed by atoms with Crippen LogP contribution in [0.5, 0.6) is 0 Å². The van der Waals surface area contributed by atoms with E-state index >= 15 is 0 Å². The molecule has 2 nitrogen and oxygen atoms in total. The van der Waals surface area contributed by atoms with Crippen LogP contribution in [-0.2, 0) is 16.2 Å². The molecule has 2 atom stereocenters. The summed E-state index contributed by atoms with van der Waals surface area (Å²) in [7, 11) is -1.24. The van der Waals surface area contributed by atoms with E-state index < -0.39 is 16.2 Å². The van der Waals surface area contributed by atoms with Crippen molar-refractivity contribution in [2.75, 3.05) is 0 Å². The Labute approximate surface area is 129 Å². The molecule has 0 heterocycles. The molecule has 0 fully saturated rings. The van der Waals surface area contributed by atoms with E-state index in [1.807, 2.05) is 43.3 Å². The standard InChI is InChI=1S/C18H23NOS/c1-13-5-11-16(12-6-13)21(20)17(19)14-7-9-15(10-8-14)18(2,3)4/h5-12,17H,19H2,1-4H3. The maximum atomic E-state index is 12.5. The Morgan fingerprint density at radius 1 is 0.952 bits per heavy atom. The molecule has 2 rings (SSSR count). The van der Waals surface area contributed by atoms with Gasteiger partial charge in [-0.3, -0.25) is 4.21 Å². The molecule has 0 amide bonds. The van der Waals surface area contributed by atoms with Crippen LogP contribution in [0.3, 0.4) is 0 Å². The first kappa shape index (κ1) is 15.9. The molecule has 2 N–H and O–H groups in total. The van der Waals surface area contributed by atoms with Crippen molar-refractivity contribution < 1.29 is 4.21 Å². The summed E-state index contributed by atoms with van der Waals surface area (Å²) in [5.74, 6) is 0. The fourth-order valence-electron chi connectivity index (χ4n) is 2.12. The molecule has 0 spiro atoms. The maximum Gasteiger partial charge on any atom is 0.111 e. The number of hydrogen-bond acceptors (Lipinski definition) is 2. The number of aryl methyl sites for hydroxylation is 1. The van der Waals surface area contributed by atoms with Crippen LogP contribution in [0.4, 0.5) is 0 Å². The van der Waals surface area contributed by atoms with Gasteiger partial charge in [0.2, 0.25) is 0 Å². The predicted molar refractivity (Wildman–Crippen MR) is 89.7 cm³/mol. The zero-order valence-corrected chi connectivity index (χ0v) is 13.9. The van der Waals surface area contributed by atoms with Crippen molar-refractivity contribution in [3.05, 3.63) is 65.2 Å². The fourth-order valence-corrected chi connectivity index (χ4v) is 3.22. The Hall–Kier alpha value is -1.45. The Bertz CT molecular complexity index is 624. The van der Waals surface area contributed by atoms with Gasteiger partial charge in [0.15, 0.2) is 0 Å². The molecule has 21 heavy (non-hydrogen) atoms. The molecule has 2 aromatic rings. The lowest BCUT2D eigenvalue weighted by Crippen LogP contribution is -2.17. The third-order valence-corrected chi connectivity index (χ3v) is 5.06. The molecule has 112 valence electrons. The Balaban J connectivity index is 2.21. The second-order valence-corrected chi connectivity index (χ2v) is 7.98. The van der Waals surface area contributed by atoms with Crippen LogP contribution < -0.4 is 5.73 Å². The van der Waals surface area contributed by atoms with Gasteiger partial charge in [0.25, 0.3) is 0 Å². The zero-order valence-electron chi connectivity index (χ0n) is 13.1. The molecule has 0 saturated heterocycles. The van der Waals surface area contributed by atoms with E-state index in [2.05, 4.69) is 32.9 Å². The van der Waals surface area contributed by atoms with Crippen molar-refractivity contribution in [1.82, 2.24) is 0 Å². The molecular weight excluding hydrogens is 278 g/mol. The van der Waals surface area contributed by atoms with E-state index in [1.54, 1.807) is 0 Å². The smallest absolute Gasteiger partial charge is 0.111 e. The first-order valence-electron chi connectivity index (χ1n) is 7.12. The predicted octanol–water partition coefficient (Wildman–Crippen LogP) is 4.06. The number of hydrogen-bond donors (Lipinski definition) is 1. The quantitative estimate of drug-likeness (QED) is 0.929. The summed E-state index contributed by atoms with van der Waals surface area (Å²) in [6.07, 6.45) is 0. The van der Waals surface area contributed by atoms with Crippen LogP contribution in [0.1, 0.15) is 42.8 Å². The van der Waals surface area contributed by atoms with Gasteiger partial charge >= 0.3 is 0 Å². The minimum atomic E-state index is -1.24. The molecule has 2 aromatic carbocycles. The highest BCUT2D eigenvalue weighted by Crippen LogP contribution is 2.26. The van der Waals surface area contributed by atoms with Gasteiger partial charge in [-0.2, -0.15) is 0 Å². The van der Waals surface area contributed by atoms with Crippen molar-refractivity contribution in [1.29, 1.82) is 0 Å². The van der Waals surface area contributed by atoms with Crippen molar-refractivity contribution in [3.8, 4) is 0 Å². The summed E-state index contributed by atoms with van der Waals surface area (Å²) < 4.78 is 12.5. The van der Waals surface area contributed by atoms with Gasteiger partial charge in [0, 0.05) is 4.90 Å². The average Bonchev–Trinajstić information content (AvgIpc) is 2.46. The second kappa shape index (κ2) is 6.12. The second-order valence-electron chi connectivity index (χ2n) is 6.40. The Kier molecular flexibility index (Phi) is 4.64. The summed E-state index contributed by atoms with van der Waals surface area (Å²) in [5.41, 5.74) is 9.58. The highest BCUT2D eigenvalue weighted by atomic mass is 32.2. The van der Waals surface area contributed by atoms with E-state index in [-0.39, 0.29) is 5.41 Å². The molecule has 0 aromatic heterocycles. The van der Waals surface area contributed by atoms with Crippen LogP contribution in [-0.4, -0.2) is 4.21 Å². The molecule has 0 aliphatic rings. The summed E-state index contributed by atoms with van der Waals surface area (Å²) in [6, 6.07) is 15.8. The molecule has 0 aliphatic heterocycles. The van der Waals surface area contributed by atoms with Gasteiger partial charge in [-0.05, 0) is 35.6 Å². The monoisotopic (exact) mass is 301 g/mol. The average molecular weight is 301 g/mol. The molecule has 2 unspecified atom stereocenters. The van der Waals surface area contributed by atoms with E-state index in [9.17, 15) is 4.21 Å². The lowest BCUT2D eigenvalue weighted by molar-refractivity contribution is 0.590. The van der Waals surface area contributed by atoms with Gasteiger partial charge in [-0.15, -0.1) is 0 Å². The molecule has 3 heteroatoms. The van der Waals surface area contributed by atoms with Crippen LogP contribution in [0, 0.1) is 6.92 Å². The summed E-state index contributed by atoms with van der Waals surface area (Å²) in [5, 5.41) is -0.498. The third-order valence-electron chi connectivity index (χ3n) is 3.59. The third kappa shape index (κ3) is 3.80. The minimum Gasteiger partial charge on any atom is -0.313 e. The fraction of sp³-hybridized carbons (Fsp3) is 0.333. The SMILES string of the molecule is Cc1ccc(S(=O)C(N)c2ccc(C(C)(C)C)cc2)cc1. The molecule has 0 saturated carbocycles.